The average Bonchev–Trinajstić information content (AvgIpc) is 2.87. The maximum Gasteiger partial charge on any atom is 0.303 e. The van der Waals surface area contributed by atoms with Crippen LogP contribution in [-0.4, -0.2) is 59.3 Å². The zero-order valence-electron chi connectivity index (χ0n) is 14.3. The highest BCUT2D eigenvalue weighted by molar-refractivity contribution is 8.14. The summed E-state index contributed by atoms with van der Waals surface area (Å²) >= 11 is 0.965. The lowest BCUT2D eigenvalue weighted by molar-refractivity contribution is -0.219. The van der Waals surface area contributed by atoms with Crippen LogP contribution >= 0.6 is 11.8 Å². The fourth-order valence-electron chi connectivity index (χ4n) is 2.74. The van der Waals surface area contributed by atoms with E-state index in [1.165, 1.54) is 20.8 Å². The molecule has 8 nitrogen and oxygen atoms in total. The highest BCUT2D eigenvalue weighted by Gasteiger charge is 2.58. The second-order valence-corrected chi connectivity index (χ2v) is 7.51. The van der Waals surface area contributed by atoms with Crippen molar-refractivity contribution in [2.24, 2.45) is 0 Å². The smallest absolute Gasteiger partial charge is 0.303 e. The van der Waals surface area contributed by atoms with Crippen molar-refractivity contribution in [2.75, 3.05) is 6.61 Å². The zero-order valence-corrected chi connectivity index (χ0v) is 15.1. The van der Waals surface area contributed by atoms with Gasteiger partial charge in [-0.05, 0) is 13.8 Å². The minimum absolute atomic E-state index is 0.0507. The van der Waals surface area contributed by atoms with E-state index in [4.69, 9.17) is 23.7 Å². The molecule has 0 bridgehead atoms. The van der Waals surface area contributed by atoms with Gasteiger partial charge in [0.1, 0.15) is 12.7 Å². The number of fused-ring (bicyclic) bond motifs is 1. The molecule has 2 saturated heterocycles. The third-order valence-electron chi connectivity index (χ3n) is 3.46. The molecule has 24 heavy (non-hydrogen) atoms. The summed E-state index contributed by atoms with van der Waals surface area (Å²) in [6.07, 6.45) is -2.79. The molecular weight excluding hydrogens is 340 g/mol. The van der Waals surface area contributed by atoms with E-state index < -0.39 is 47.6 Å². The summed E-state index contributed by atoms with van der Waals surface area (Å²) in [5.41, 5.74) is 0. The fraction of sp³-hybridized carbons (Fsp3) is 0.800. The quantitative estimate of drug-likeness (QED) is 0.664. The van der Waals surface area contributed by atoms with E-state index in [-0.39, 0.29) is 11.7 Å². The van der Waals surface area contributed by atoms with Gasteiger partial charge in [0.15, 0.2) is 29.4 Å². The maximum atomic E-state index is 11.5. The first kappa shape index (κ1) is 19.2. The number of ether oxygens (including phenoxy) is 5. The number of hydrogen-bond donors (Lipinski definition) is 0. The molecule has 0 aromatic rings. The molecule has 2 rings (SSSR count). The van der Waals surface area contributed by atoms with Crippen molar-refractivity contribution in [1.82, 2.24) is 0 Å². The van der Waals surface area contributed by atoms with Gasteiger partial charge in [0.05, 0.1) is 5.25 Å². The molecule has 0 unspecified atom stereocenters. The summed E-state index contributed by atoms with van der Waals surface area (Å²) < 4.78 is 27.7. The molecule has 5 atom stereocenters. The van der Waals surface area contributed by atoms with E-state index in [1.54, 1.807) is 13.8 Å². The van der Waals surface area contributed by atoms with Crippen LogP contribution < -0.4 is 0 Å². The van der Waals surface area contributed by atoms with Gasteiger partial charge in [0.2, 0.25) is 0 Å². The van der Waals surface area contributed by atoms with Gasteiger partial charge in [-0.15, -0.1) is 0 Å². The van der Waals surface area contributed by atoms with Gasteiger partial charge in [0, 0.05) is 20.8 Å². The summed E-state index contributed by atoms with van der Waals surface area (Å²) in [5, 5.41) is -0.715. The van der Waals surface area contributed by atoms with Gasteiger partial charge in [-0.1, -0.05) is 11.8 Å². The molecule has 2 heterocycles. The lowest BCUT2D eigenvalue weighted by atomic mass is 10.1. The van der Waals surface area contributed by atoms with Gasteiger partial charge < -0.3 is 23.7 Å². The molecule has 0 amide bonds. The molecule has 136 valence electrons. The molecule has 0 N–H and O–H groups in total. The van der Waals surface area contributed by atoms with E-state index in [9.17, 15) is 14.4 Å². The number of rotatable bonds is 5. The Kier molecular flexibility index (Phi) is 5.90. The number of hydrogen-bond acceptors (Lipinski definition) is 9. The summed E-state index contributed by atoms with van der Waals surface area (Å²) in [5.74, 6) is -1.83. The lowest BCUT2D eigenvalue weighted by Gasteiger charge is -2.29. The van der Waals surface area contributed by atoms with E-state index >= 15 is 0 Å². The first-order valence-electron chi connectivity index (χ1n) is 7.58. The third-order valence-corrected chi connectivity index (χ3v) is 4.50. The summed E-state index contributed by atoms with van der Waals surface area (Å²) in [6, 6.07) is 0. The van der Waals surface area contributed by atoms with Gasteiger partial charge in [-0.3, -0.25) is 14.4 Å². The van der Waals surface area contributed by atoms with Crippen molar-refractivity contribution in [2.45, 2.75) is 70.3 Å². The molecule has 2 fully saturated rings. The Hall–Kier alpha value is -1.16. The van der Waals surface area contributed by atoms with E-state index in [2.05, 4.69) is 0 Å². The van der Waals surface area contributed by atoms with Crippen molar-refractivity contribution in [3.05, 3.63) is 0 Å². The Morgan fingerprint density at radius 1 is 1.12 bits per heavy atom. The Balaban J connectivity index is 2.19. The number of carbonyl (C=O) groups excluding carboxylic acids is 3. The van der Waals surface area contributed by atoms with E-state index in [1.807, 2.05) is 0 Å². The molecule has 2 aliphatic rings. The summed E-state index contributed by atoms with van der Waals surface area (Å²) in [4.78, 5) is 34.1. The predicted octanol–water partition coefficient (Wildman–Crippen LogP) is 1.01. The van der Waals surface area contributed by atoms with Crippen LogP contribution in [0.2, 0.25) is 0 Å². The molecule has 0 aromatic heterocycles. The van der Waals surface area contributed by atoms with Crippen LogP contribution in [0.4, 0.5) is 0 Å². The van der Waals surface area contributed by atoms with Crippen molar-refractivity contribution < 1.29 is 38.1 Å². The van der Waals surface area contributed by atoms with Crippen molar-refractivity contribution in [1.29, 1.82) is 0 Å². The van der Waals surface area contributed by atoms with Gasteiger partial charge in [0.25, 0.3) is 0 Å². The minimum Gasteiger partial charge on any atom is -0.465 e. The Bertz CT molecular complexity index is 520. The van der Waals surface area contributed by atoms with Crippen molar-refractivity contribution in [3.8, 4) is 0 Å². The summed E-state index contributed by atoms with van der Waals surface area (Å²) in [7, 11) is 0. The predicted molar refractivity (Wildman–Crippen MR) is 82.9 cm³/mol. The van der Waals surface area contributed by atoms with Crippen LogP contribution in [0.15, 0.2) is 0 Å². The molecule has 0 aliphatic carbocycles. The van der Waals surface area contributed by atoms with Crippen LogP contribution in [0.3, 0.4) is 0 Å². The standard InChI is InChI=1S/C15H22O8S/c1-7(16)19-6-10(24-9(3)18)11-12(20-8(2)17)13-14(21-11)23-15(4,5)22-13/h10-14H,6H2,1-5H3/t10-,11+,12-,13+,14+/m0/s1. The second kappa shape index (κ2) is 7.38. The number of carbonyl (C=O) groups is 3. The summed E-state index contributed by atoms with van der Waals surface area (Å²) in [6.45, 7) is 7.37. The monoisotopic (exact) mass is 362 g/mol. The van der Waals surface area contributed by atoms with Crippen LogP contribution in [0.5, 0.6) is 0 Å². The minimum atomic E-state index is -0.863. The Morgan fingerprint density at radius 2 is 1.79 bits per heavy atom. The van der Waals surface area contributed by atoms with Gasteiger partial charge in [-0.2, -0.15) is 0 Å². The van der Waals surface area contributed by atoms with Gasteiger partial charge >= 0.3 is 11.9 Å². The Morgan fingerprint density at radius 3 is 2.33 bits per heavy atom. The molecule has 0 spiro atoms. The highest BCUT2D eigenvalue weighted by Crippen LogP contribution is 2.41. The van der Waals surface area contributed by atoms with E-state index in [0.717, 1.165) is 11.8 Å². The normalized spacial score (nSPS) is 32.0. The largest absolute Gasteiger partial charge is 0.465 e. The molecule has 0 saturated carbocycles. The van der Waals surface area contributed by atoms with E-state index in [0.29, 0.717) is 0 Å². The molecule has 9 heteroatoms. The molecule has 0 radical (unpaired) electrons. The van der Waals surface area contributed by atoms with Crippen LogP contribution in [0, 0.1) is 0 Å². The molecule has 2 aliphatic heterocycles. The first-order valence-corrected chi connectivity index (χ1v) is 8.46. The number of esters is 2. The highest BCUT2D eigenvalue weighted by atomic mass is 32.2. The van der Waals surface area contributed by atoms with Crippen LogP contribution in [-0.2, 0) is 38.1 Å². The van der Waals surface area contributed by atoms with Crippen molar-refractivity contribution in [3.63, 3.8) is 0 Å². The molecular formula is C15H22O8S. The topological polar surface area (TPSA) is 97.4 Å². The van der Waals surface area contributed by atoms with Crippen molar-refractivity contribution >= 4 is 28.8 Å². The zero-order chi connectivity index (χ0) is 18.1. The SMILES string of the molecule is CC(=O)OC[C@H](SC(C)=O)[C@H]1O[C@@H]2OC(C)(C)O[C@@H]2[C@H]1OC(C)=O. The van der Waals surface area contributed by atoms with Crippen LogP contribution in [0.25, 0.3) is 0 Å². The van der Waals surface area contributed by atoms with Crippen LogP contribution in [0.1, 0.15) is 34.6 Å². The Labute approximate surface area is 144 Å². The fourth-order valence-corrected chi connectivity index (χ4v) is 3.65. The maximum absolute atomic E-state index is 11.5. The third kappa shape index (κ3) is 4.69. The average molecular weight is 362 g/mol. The number of thioether (sulfide) groups is 1. The first-order chi connectivity index (χ1) is 11.1. The lowest BCUT2D eigenvalue weighted by Crippen LogP contribution is -2.44. The molecule has 0 aromatic carbocycles. The second-order valence-electron chi connectivity index (χ2n) is 6.09. The van der Waals surface area contributed by atoms with Gasteiger partial charge in [-0.25, -0.2) is 0 Å².